The number of rotatable bonds is 9. The minimum atomic E-state index is -0.955. The van der Waals surface area contributed by atoms with Gasteiger partial charge in [0, 0.05) is 12.7 Å². The van der Waals surface area contributed by atoms with Crippen LogP contribution in [0.2, 0.25) is 0 Å². The third kappa shape index (κ3) is 5.52. The summed E-state index contributed by atoms with van der Waals surface area (Å²) in [5.74, 6) is -0.955. The molecular weight excluding hydrogens is 216 g/mol. The Balaban J connectivity index is 2.07. The molecule has 0 bridgehead atoms. The highest BCUT2D eigenvalue weighted by Gasteiger charge is 2.05. The van der Waals surface area contributed by atoms with E-state index < -0.39 is 5.97 Å². The van der Waals surface area contributed by atoms with E-state index in [1.54, 1.807) is 12.5 Å². The molecule has 0 aliphatic rings. The van der Waals surface area contributed by atoms with Gasteiger partial charge < -0.3 is 9.67 Å². The van der Waals surface area contributed by atoms with Crippen LogP contribution in [0.15, 0.2) is 12.5 Å². The molecule has 0 radical (unpaired) electrons. The first-order valence-corrected chi connectivity index (χ1v) is 6.49. The first-order chi connectivity index (χ1) is 8.24. The van der Waals surface area contributed by atoms with E-state index in [1.165, 1.54) is 38.5 Å². The topological polar surface area (TPSA) is 55.1 Å². The maximum atomic E-state index is 10.6. The van der Waals surface area contributed by atoms with Crippen LogP contribution in [-0.2, 0) is 6.54 Å². The van der Waals surface area contributed by atoms with Gasteiger partial charge in [0.2, 0.25) is 0 Å². The largest absolute Gasteiger partial charge is 0.476 e. The molecule has 0 aromatic carbocycles. The summed E-state index contributed by atoms with van der Waals surface area (Å²) < 4.78 is 1.86. The predicted octanol–water partition coefficient (Wildman–Crippen LogP) is 3.33. The summed E-state index contributed by atoms with van der Waals surface area (Å²) in [6.45, 7) is 3.09. The summed E-state index contributed by atoms with van der Waals surface area (Å²) in [6, 6.07) is 0. The van der Waals surface area contributed by atoms with Crippen LogP contribution in [0.3, 0.4) is 0 Å². The quantitative estimate of drug-likeness (QED) is 0.671. The summed E-state index contributed by atoms with van der Waals surface area (Å²) in [5, 5.41) is 8.71. The van der Waals surface area contributed by atoms with Crippen LogP contribution in [0.5, 0.6) is 0 Å². The van der Waals surface area contributed by atoms with E-state index in [2.05, 4.69) is 11.9 Å². The van der Waals surface area contributed by atoms with Crippen LogP contribution < -0.4 is 0 Å². The van der Waals surface area contributed by atoms with Crippen molar-refractivity contribution in [2.24, 2.45) is 0 Å². The summed E-state index contributed by atoms with van der Waals surface area (Å²) >= 11 is 0. The van der Waals surface area contributed by atoms with E-state index in [1.807, 2.05) is 4.57 Å². The number of hydrogen-bond acceptors (Lipinski definition) is 2. The predicted molar refractivity (Wildman–Crippen MR) is 67.2 cm³/mol. The Hall–Kier alpha value is -1.32. The van der Waals surface area contributed by atoms with Crippen molar-refractivity contribution in [1.29, 1.82) is 0 Å². The minimum absolute atomic E-state index is 0.132. The molecule has 96 valence electrons. The molecule has 1 N–H and O–H groups in total. The number of hydrogen-bond donors (Lipinski definition) is 1. The second-order valence-electron chi connectivity index (χ2n) is 4.42. The Kier molecular flexibility index (Phi) is 6.37. The Labute approximate surface area is 103 Å². The highest BCUT2D eigenvalue weighted by molar-refractivity contribution is 5.84. The van der Waals surface area contributed by atoms with Crippen molar-refractivity contribution >= 4 is 5.97 Å². The molecule has 4 nitrogen and oxygen atoms in total. The zero-order valence-electron chi connectivity index (χ0n) is 10.6. The molecule has 1 aromatic heterocycles. The molecule has 17 heavy (non-hydrogen) atoms. The lowest BCUT2D eigenvalue weighted by atomic mass is 10.1. The van der Waals surface area contributed by atoms with Gasteiger partial charge in [-0.2, -0.15) is 0 Å². The SMILES string of the molecule is CCCCCCCCCn1cnc(C(=O)O)c1. The van der Waals surface area contributed by atoms with E-state index in [4.69, 9.17) is 5.11 Å². The van der Waals surface area contributed by atoms with E-state index >= 15 is 0 Å². The van der Waals surface area contributed by atoms with Crippen molar-refractivity contribution in [2.45, 2.75) is 58.4 Å². The molecule has 0 amide bonds. The first kappa shape index (κ1) is 13.7. The lowest BCUT2D eigenvalue weighted by Gasteiger charge is -2.02. The van der Waals surface area contributed by atoms with Crippen molar-refractivity contribution in [2.75, 3.05) is 0 Å². The van der Waals surface area contributed by atoms with Gasteiger partial charge >= 0.3 is 5.97 Å². The van der Waals surface area contributed by atoms with Crippen LogP contribution in [-0.4, -0.2) is 20.6 Å². The van der Waals surface area contributed by atoms with Gasteiger partial charge in [-0.15, -0.1) is 0 Å². The minimum Gasteiger partial charge on any atom is -0.476 e. The zero-order chi connectivity index (χ0) is 12.5. The van der Waals surface area contributed by atoms with Gasteiger partial charge in [-0.1, -0.05) is 45.4 Å². The molecule has 0 fully saturated rings. The van der Waals surface area contributed by atoms with Crippen molar-refractivity contribution < 1.29 is 9.90 Å². The number of nitrogens with zero attached hydrogens (tertiary/aromatic N) is 2. The number of aryl methyl sites for hydroxylation is 1. The van der Waals surface area contributed by atoms with Crippen molar-refractivity contribution in [3.8, 4) is 0 Å². The summed E-state index contributed by atoms with van der Waals surface area (Å²) in [6.07, 6.45) is 12.1. The summed E-state index contributed by atoms with van der Waals surface area (Å²) in [4.78, 5) is 14.4. The second kappa shape index (κ2) is 7.87. The maximum absolute atomic E-state index is 10.6. The van der Waals surface area contributed by atoms with E-state index in [9.17, 15) is 4.79 Å². The number of unbranched alkanes of at least 4 members (excludes halogenated alkanes) is 6. The van der Waals surface area contributed by atoms with Crippen LogP contribution >= 0.6 is 0 Å². The van der Waals surface area contributed by atoms with Gasteiger partial charge in [0.1, 0.15) is 0 Å². The van der Waals surface area contributed by atoms with E-state index in [0.717, 1.165) is 13.0 Å². The molecule has 0 atom stereocenters. The number of aromatic carboxylic acids is 1. The summed E-state index contributed by atoms with van der Waals surface area (Å²) in [7, 11) is 0. The van der Waals surface area contributed by atoms with Gasteiger partial charge in [-0.25, -0.2) is 9.78 Å². The highest BCUT2D eigenvalue weighted by atomic mass is 16.4. The summed E-state index contributed by atoms with van der Waals surface area (Å²) in [5.41, 5.74) is 0.132. The zero-order valence-corrected chi connectivity index (χ0v) is 10.6. The highest BCUT2D eigenvalue weighted by Crippen LogP contribution is 2.08. The van der Waals surface area contributed by atoms with Crippen LogP contribution in [0.4, 0.5) is 0 Å². The average Bonchev–Trinajstić information content (AvgIpc) is 2.77. The normalized spacial score (nSPS) is 10.6. The Morgan fingerprint density at radius 2 is 1.88 bits per heavy atom. The lowest BCUT2D eigenvalue weighted by molar-refractivity contribution is 0.0691. The fourth-order valence-corrected chi connectivity index (χ4v) is 1.84. The standard InChI is InChI=1S/C13H22N2O2/c1-2-3-4-5-6-7-8-9-15-10-12(13(16)17)14-11-15/h10-11H,2-9H2,1H3,(H,16,17). The second-order valence-corrected chi connectivity index (χ2v) is 4.42. The van der Waals surface area contributed by atoms with Gasteiger partial charge in [-0.05, 0) is 6.42 Å². The molecule has 0 aliphatic carbocycles. The smallest absolute Gasteiger partial charge is 0.356 e. The maximum Gasteiger partial charge on any atom is 0.356 e. The number of carboxylic acids is 1. The molecule has 0 spiro atoms. The Bertz CT molecular complexity index is 334. The number of aromatic nitrogens is 2. The number of carboxylic acid groups (broad SMARTS) is 1. The molecular formula is C13H22N2O2. The molecule has 0 saturated heterocycles. The fraction of sp³-hybridized carbons (Fsp3) is 0.692. The van der Waals surface area contributed by atoms with E-state index in [0.29, 0.717) is 0 Å². The molecule has 1 heterocycles. The monoisotopic (exact) mass is 238 g/mol. The lowest BCUT2D eigenvalue weighted by Crippen LogP contribution is -1.97. The molecule has 0 saturated carbocycles. The van der Waals surface area contributed by atoms with Gasteiger partial charge in [0.15, 0.2) is 5.69 Å². The number of carbonyl (C=O) groups is 1. The molecule has 1 aromatic rings. The molecule has 4 heteroatoms. The van der Waals surface area contributed by atoms with Gasteiger partial charge in [0.25, 0.3) is 0 Å². The van der Waals surface area contributed by atoms with Crippen molar-refractivity contribution in [1.82, 2.24) is 9.55 Å². The number of imidazole rings is 1. The molecule has 0 aliphatic heterocycles. The van der Waals surface area contributed by atoms with Crippen LogP contribution in [0, 0.1) is 0 Å². The molecule has 0 unspecified atom stereocenters. The first-order valence-electron chi connectivity index (χ1n) is 6.49. The third-order valence-corrected chi connectivity index (χ3v) is 2.87. The fourth-order valence-electron chi connectivity index (χ4n) is 1.84. The Morgan fingerprint density at radius 1 is 1.24 bits per heavy atom. The van der Waals surface area contributed by atoms with Crippen LogP contribution in [0.25, 0.3) is 0 Å². The average molecular weight is 238 g/mol. The molecule has 1 rings (SSSR count). The van der Waals surface area contributed by atoms with Gasteiger partial charge in [0.05, 0.1) is 6.33 Å². The van der Waals surface area contributed by atoms with Crippen molar-refractivity contribution in [3.05, 3.63) is 18.2 Å². The van der Waals surface area contributed by atoms with E-state index in [-0.39, 0.29) is 5.69 Å². The third-order valence-electron chi connectivity index (χ3n) is 2.87. The van der Waals surface area contributed by atoms with Crippen LogP contribution in [0.1, 0.15) is 62.4 Å². The Morgan fingerprint density at radius 3 is 2.47 bits per heavy atom. The van der Waals surface area contributed by atoms with Crippen molar-refractivity contribution in [3.63, 3.8) is 0 Å². The van der Waals surface area contributed by atoms with Gasteiger partial charge in [-0.3, -0.25) is 0 Å².